The Labute approximate surface area is 98.4 Å². The van der Waals surface area contributed by atoms with Gasteiger partial charge in [0.15, 0.2) is 0 Å². The van der Waals surface area contributed by atoms with Crippen LogP contribution in [-0.4, -0.2) is 36.9 Å². The van der Waals surface area contributed by atoms with E-state index in [-0.39, 0.29) is 5.91 Å². The minimum Gasteiger partial charge on any atom is -0.333 e. The average molecular weight is 231 g/mol. The van der Waals surface area contributed by atoms with Crippen LogP contribution in [0.2, 0.25) is 0 Å². The predicted molar refractivity (Wildman–Crippen MR) is 59.9 cm³/mol. The third kappa shape index (κ3) is 1.93. The van der Waals surface area contributed by atoms with E-state index in [9.17, 15) is 4.79 Å². The number of hydrogen-bond donors (Lipinski definition) is 0. The van der Waals surface area contributed by atoms with Crippen molar-refractivity contribution in [1.29, 1.82) is 0 Å². The molecule has 88 valence electrons. The number of hydrogen-bond acceptors (Lipinski definition) is 3. The van der Waals surface area contributed by atoms with Crippen LogP contribution in [0.1, 0.15) is 5.69 Å². The van der Waals surface area contributed by atoms with Crippen LogP contribution in [0.3, 0.4) is 0 Å². The second-order valence-electron chi connectivity index (χ2n) is 4.06. The Morgan fingerprint density at radius 2 is 2.24 bits per heavy atom. The van der Waals surface area contributed by atoms with Gasteiger partial charge in [0.1, 0.15) is 6.54 Å². The molecule has 0 bridgehead atoms. The highest BCUT2D eigenvalue weighted by molar-refractivity contribution is 5.75. The fourth-order valence-corrected chi connectivity index (χ4v) is 2.03. The Morgan fingerprint density at radius 3 is 3.06 bits per heavy atom. The molecule has 17 heavy (non-hydrogen) atoms. The number of amides is 1. The highest BCUT2D eigenvalue weighted by Crippen LogP contribution is 2.11. The first-order valence-electron chi connectivity index (χ1n) is 5.59. The van der Waals surface area contributed by atoms with Gasteiger partial charge in [0.2, 0.25) is 5.91 Å². The summed E-state index contributed by atoms with van der Waals surface area (Å²) in [4.78, 5) is 13.9. The SMILES string of the molecule is O=C(Cn1cccn1)N1CCn2nccc2C1. The first kappa shape index (κ1) is 10.1. The molecule has 0 saturated heterocycles. The molecule has 0 unspecified atom stereocenters. The lowest BCUT2D eigenvalue weighted by Crippen LogP contribution is -2.40. The number of nitrogens with zero attached hydrogens (tertiary/aromatic N) is 5. The van der Waals surface area contributed by atoms with Crippen molar-refractivity contribution < 1.29 is 4.79 Å². The molecular weight excluding hydrogens is 218 g/mol. The fraction of sp³-hybridized carbons (Fsp3) is 0.364. The van der Waals surface area contributed by atoms with E-state index in [2.05, 4.69) is 10.2 Å². The van der Waals surface area contributed by atoms with E-state index in [0.717, 1.165) is 18.8 Å². The Bertz CT molecular complexity index is 516. The molecule has 0 aromatic carbocycles. The minimum atomic E-state index is 0.0983. The standard InChI is InChI=1S/C11H13N5O/c17-11(9-15-5-1-3-12-15)14-6-7-16-10(8-14)2-4-13-16/h1-5H,6-9H2. The Morgan fingerprint density at radius 1 is 1.29 bits per heavy atom. The van der Waals surface area contributed by atoms with Crippen molar-refractivity contribution in [3.05, 3.63) is 36.4 Å². The first-order valence-corrected chi connectivity index (χ1v) is 5.59. The van der Waals surface area contributed by atoms with Crippen molar-refractivity contribution in [1.82, 2.24) is 24.5 Å². The molecule has 6 heteroatoms. The van der Waals surface area contributed by atoms with E-state index in [1.807, 2.05) is 21.7 Å². The molecular formula is C11H13N5O. The first-order chi connectivity index (χ1) is 8.33. The smallest absolute Gasteiger partial charge is 0.244 e. The van der Waals surface area contributed by atoms with Gasteiger partial charge in [-0.15, -0.1) is 0 Å². The maximum atomic E-state index is 12.0. The van der Waals surface area contributed by atoms with Crippen LogP contribution in [0.4, 0.5) is 0 Å². The molecule has 3 rings (SSSR count). The van der Waals surface area contributed by atoms with E-state index in [4.69, 9.17) is 0 Å². The van der Waals surface area contributed by atoms with Crippen LogP contribution in [0, 0.1) is 0 Å². The lowest BCUT2D eigenvalue weighted by Gasteiger charge is -2.27. The monoisotopic (exact) mass is 231 g/mol. The lowest BCUT2D eigenvalue weighted by molar-refractivity contribution is -0.133. The largest absolute Gasteiger partial charge is 0.333 e. The maximum absolute atomic E-state index is 12.0. The van der Waals surface area contributed by atoms with Crippen molar-refractivity contribution in [3.63, 3.8) is 0 Å². The van der Waals surface area contributed by atoms with Gasteiger partial charge in [0.25, 0.3) is 0 Å². The molecule has 2 aromatic heterocycles. The summed E-state index contributed by atoms with van der Waals surface area (Å²) in [7, 11) is 0. The Hall–Kier alpha value is -2.11. The van der Waals surface area contributed by atoms with E-state index >= 15 is 0 Å². The van der Waals surface area contributed by atoms with E-state index < -0.39 is 0 Å². The van der Waals surface area contributed by atoms with Gasteiger partial charge in [0, 0.05) is 25.1 Å². The molecule has 3 heterocycles. The summed E-state index contributed by atoms with van der Waals surface area (Å²) in [5, 5.41) is 8.22. The van der Waals surface area contributed by atoms with Crippen LogP contribution in [0.5, 0.6) is 0 Å². The van der Waals surface area contributed by atoms with E-state index in [1.165, 1.54) is 0 Å². The normalized spacial score (nSPS) is 14.7. The zero-order valence-electron chi connectivity index (χ0n) is 9.36. The predicted octanol–water partition coefficient (Wildman–Crippen LogP) is 0.122. The number of aromatic nitrogens is 4. The highest BCUT2D eigenvalue weighted by Gasteiger charge is 2.20. The fourth-order valence-electron chi connectivity index (χ4n) is 2.03. The van der Waals surface area contributed by atoms with Gasteiger partial charge >= 0.3 is 0 Å². The average Bonchev–Trinajstić information content (AvgIpc) is 2.97. The van der Waals surface area contributed by atoms with Gasteiger partial charge in [-0.1, -0.05) is 0 Å². The van der Waals surface area contributed by atoms with Gasteiger partial charge in [-0.3, -0.25) is 14.2 Å². The maximum Gasteiger partial charge on any atom is 0.244 e. The summed E-state index contributed by atoms with van der Waals surface area (Å²) in [5.41, 5.74) is 1.09. The quantitative estimate of drug-likeness (QED) is 0.737. The summed E-state index contributed by atoms with van der Waals surface area (Å²) in [6, 6.07) is 3.77. The van der Waals surface area contributed by atoms with Crippen LogP contribution in [0.25, 0.3) is 0 Å². The third-order valence-corrected chi connectivity index (χ3v) is 2.95. The van der Waals surface area contributed by atoms with E-state index in [1.54, 1.807) is 23.3 Å². The topological polar surface area (TPSA) is 56.0 Å². The second kappa shape index (κ2) is 4.04. The molecule has 1 aliphatic heterocycles. The second-order valence-corrected chi connectivity index (χ2v) is 4.06. The van der Waals surface area contributed by atoms with Crippen molar-refractivity contribution in [2.75, 3.05) is 6.54 Å². The van der Waals surface area contributed by atoms with E-state index in [0.29, 0.717) is 13.1 Å². The summed E-state index contributed by atoms with van der Waals surface area (Å²) < 4.78 is 3.59. The number of carbonyl (C=O) groups excluding carboxylic acids is 1. The van der Waals surface area contributed by atoms with Gasteiger partial charge in [-0.2, -0.15) is 10.2 Å². The highest BCUT2D eigenvalue weighted by atomic mass is 16.2. The Kier molecular flexibility index (Phi) is 2.40. The van der Waals surface area contributed by atoms with Crippen molar-refractivity contribution in [3.8, 4) is 0 Å². The summed E-state index contributed by atoms with van der Waals surface area (Å²) in [6.07, 6.45) is 5.25. The molecule has 2 aromatic rings. The minimum absolute atomic E-state index is 0.0983. The molecule has 0 aliphatic carbocycles. The van der Waals surface area contributed by atoms with Crippen molar-refractivity contribution in [2.45, 2.75) is 19.6 Å². The van der Waals surface area contributed by atoms with Crippen LogP contribution in [0.15, 0.2) is 30.7 Å². The summed E-state index contributed by atoms with van der Waals surface area (Å²) in [6.45, 7) is 2.43. The molecule has 0 N–H and O–H groups in total. The zero-order valence-corrected chi connectivity index (χ0v) is 9.36. The summed E-state index contributed by atoms with van der Waals surface area (Å²) in [5.74, 6) is 0.0983. The number of fused-ring (bicyclic) bond motifs is 1. The Balaban J connectivity index is 1.68. The molecule has 1 aliphatic rings. The van der Waals surface area contributed by atoms with Crippen LogP contribution >= 0.6 is 0 Å². The number of rotatable bonds is 2. The van der Waals surface area contributed by atoms with Gasteiger partial charge in [0.05, 0.1) is 18.8 Å². The zero-order chi connectivity index (χ0) is 11.7. The summed E-state index contributed by atoms with van der Waals surface area (Å²) >= 11 is 0. The van der Waals surface area contributed by atoms with Gasteiger partial charge in [-0.25, -0.2) is 0 Å². The molecule has 0 fully saturated rings. The number of carbonyl (C=O) groups is 1. The van der Waals surface area contributed by atoms with Crippen LogP contribution < -0.4 is 0 Å². The molecule has 0 saturated carbocycles. The van der Waals surface area contributed by atoms with Gasteiger partial charge < -0.3 is 4.90 Å². The molecule has 6 nitrogen and oxygen atoms in total. The molecule has 1 amide bonds. The van der Waals surface area contributed by atoms with Crippen molar-refractivity contribution >= 4 is 5.91 Å². The van der Waals surface area contributed by atoms with Crippen molar-refractivity contribution in [2.24, 2.45) is 0 Å². The lowest BCUT2D eigenvalue weighted by atomic mass is 10.3. The third-order valence-electron chi connectivity index (χ3n) is 2.95. The molecule has 0 spiro atoms. The molecule has 0 radical (unpaired) electrons. The van der Waals surface area contributed by atoms with Crippen LogP contribution in [-0.2, 0) is 24.4 Å². The van der Waals surface area contributed by atoms with Gasteiger partial charge in [-0.05, 0) is 12.1 Å². The molecule has 0 atom stereocenters.